The second-order valence-corrected chi connectivity index (χ2v) is 7.02. The first-order chi connectivity index (χ1) is 13.2. The SMILES string of the molecule is CC/C=C/CC(CCCCCCCCC)Oc1ccc(C=O)cc1OCC. The van der Waals surface area contributed by atoms with E-state index < -0.39 is 0 Å². The number of carbonyl (C=O) groups is 1. The van der Waals surface area contributed by atoms with Crippen LogP contribution in [0.25, 0.3) is 0 Å². The second kappa shape index (κ2) is 15.3. The Bertz CT molecular complexity index is 536. The van der Waals surface area contributed by atoms with Crippen molar-refractivity contribution < 1.29 is 14.3 Å². The van der Waals surface area contributed by atoms with E-state index in [9.17, 15) is 4.79 Å². The fourth-order valence-electron chi connectivity index (χ4n) is 3.11. The molecule has 0 radical (unpaired) electrons. The van der Waals surface area contributed by atoms with Crippen molar-refractivity contribution >= 4 is 6.29 Å². The maximum atomic E-state index is 11.0. The van der Waals surface area contributed by atoms with Gasteiger partial charge < -0.3 is 9.47 Å². The number of ether oxygens (including phenoxy) is 2. The third-order valence-corrected chi connectivity index (χ3v) is 4.63. The second-order valence-electron chi connectivity index (χ2n) is 7.02. The van der Waals surface area contributed by atoms with Gasteiger partial charge in [0, 0.05) is 12.0 Å². The van der Waals surface area contributed by atoms with E-state index in [1.165, 1.54) is 44.9 Å². The van der Waals surface area contributed by atoms with Crippen LogP contribution in [0.15, 0.2) is 30.4 Å². The Hall–Kier alpha value is -1.77. The highest BCUT2D eigenvalue weighted by Gasteiger charge is 2.13. The standard InChI is InChI=1S/C24H38O3/c1-4-7-9-10-11-12-14-16-22(15-13-8-5-2)27-23-18-17-21(20-25)19-24(23)26-6-3/h8,13,17-20,22H,4-7,9-12,14-16H2,1-3H3/b13-8+. The van der Waals surface area contributed by atoms with Crippen LogP contribution in [0.2, 0.25) is 0 Å². The summed E-state index contributed by atoms with van der Waals surface area (Å²) in [6.45, 7) is 6.89. The van der Waals surface area contributed by atoms with Crippen LogP contribution in [0, 0.1) is 0 Å². The number of unbranched alkanes of at least 4 members (excludes halogenated alkanes) is 6. The number of benzene rings is 1. The first kappa shape index (κ1) is 23.3. The van der Waals surface area contributed by atoms with E-state index in [-0.39, 0.29) is 6.10 Å². The van der Waals surface area contributed by atoms with Gasteiger partial charge in [-0.2, -0.15) is 0 Å². The molecule has 0 fully saturated rings. The van der Waals surface area contributed by atoms with Gasteiger partial charge in [0.1, 0.15) is 12.4 Å². The molecule has 0 heterocycles. The number of allylic oxidation sites excluding steroid dienone is 1. The van der Waals surface area contributed by atoms with Crippen molar-refractivity contribution in [3.8, 4) is 11.5 Å². The molecule has 3 nitrogen and oxygen atoms in total. The van der Waals surface area contributed by atoms with Crippen LogP contribution in [-0.4, -0.2) is 19.0 Å². The molecule has 0 bridgehead atoms. The predicted molar refractivity (Wildman–Crippen MR) is 114 cm³/mol. The maximum absolute atomic E-state index is 11.0. The summed E-state index contributed by atoms with van der Waals surface area (Å²) in [6.07, 6.45) is 17.5. The average molecular weight is 375 g/mol. The third-order valence-electron chi connectivity index (χ3n) is 4.63. The average Bonchev–Trinajstić information content (AvgIpc) is 2.68. The zero-order chi connectivity index (χ0) is 19.7. The van der Waals surface area contributed by atoms with Gasteiger partial charge >= 0.3 is 0 Å². The van der Waals surface area contributed by atoms with Gasteiger partial charge in [-0.3, -0.25) is 4.79 Å². The van der Waals surface area contributed by atoms with Gasteiger partial charge in [0.15, 0.2) is 11.5 Å². The Labute approximate surface area is 166 Å². The lowest BCUT2D eigenvalue weighted by molar-refractivity contribution is 0.112. The minimum atomic E-state index is 0.143. The first-order valence-corrected chi connectivity index (χ1v) is 10.8. The summed E-state index contributed by atoms with van der Waals surface area (Å²) in [5.41, 5.74) is 0.611. The highest BCUT2D eigenvalue weighted by atomic mass is 16.5. The van der Waals surface area contributed by atoms with Crippen molar-refractivity contribution in [3.63, 3.8) is 0 Å². The molecule has 27 heavy (non-hydrogen) atoms. The fraction of sp³-hybridized carbons (Fsp3) is 0.625. The molecule has 1 rings (SSSR count). The summed E-state index contributed by atoms with van der Waals surface area (Å²) in [5.74, 6) is 1.39. The van der Waals surface area contributed by atoms with Crippen molar-refractivity contribution in [2.24, 2.45) is 0 Å². The van der Waals surface area contributed by atoms with Gasteiger partial charge in [0.05, 0.1) is 6.61 Å². The number of rotatable bonds is 16. The van der Waals surface area contributed by atoms with Crippen molar-refractivity contribution in [1.82, 2.24) is 0 Å². The van der Waals surface area contributed by atoms with E-state index in [4.69, 9.17) is 9.47 Å². The van der Waals surface area contributed by atoms with Crippen molar-refractivity contribution in [2.45, 2.75) is 91.1 Å². The Morgan fingerprint density at radius 2 is 1.67 bits per heavy atom. The number of hydrogen-bond donors (Lipinski definition) is 0. The normalized spacial score (nSPS) is 12.3. The smallest absolute Gasteiger partial charge is 0.161 e. The van der Waals surface area contributed by atoms with Crippen LogP contribution < -0.4 is 9.47 Å². The Kier molecular flexibility index (Phi) is 13.2. The number of hydrogen-bond acceptors (Lipinski definition) is 3. The van der Waals surface area contributed by atoms with E-state index in [1.807, 2.05) is 13.0 Å². The van der Waals surface area contributed by atoms with Crippen molar-refractivity contribution in [1.29, 1.82) is 0 Å². The van der Waals surface area contributed by atoms with E-state index in [0.29, 0.717) is 17.9 Å². The molecule has 1 atom stereocenters. The van der Waals surface area contributed by atoms with Crippen LogP contribution in [0.1, 0.15) is 95.3 Å². The zero-order valence-corrected chi connectivity index (χ0v) is 17.5. The summed E-state index contributed by atoms with van der Waals surface area (Å²) in [6, 6.07) is 5.41. The van der Waals surface area contributed by atoms with Crippen LogP contribution >= 0.6 is 0 Å². The molecule has 0 aliphatic heterocycles. The van der Waals surface area contributed by atoms with Gasteiger partial charge in [-0.05, 0) is 44.4 Å². The molecule has 0 aliphatic rings. The van der Waals surface area contributed by atoms with Gasteiger partial charge in [-0.1, -0.05) is 64.5 Å². The van der Waals surface area contributed by atoms with E-state index in [1.54, 1.807) is 12.1 Å². The molecule has 0 aromatic heterocycles. The molecule has 0 N–H and O–H groups in total. The lowest BCUT2D eigenvalue weighted by Gasteiger charge is -2.20. The molecular formula is C24H38O3. The molecule has 0 amide bonds. The molecule has 1 aromatic rings. The predicted octanol–water partition coefficient (Wildman–Crippen LogP) is 7.14. The maximum Gasteiger partial charge on any atom is 0.161 e. The number of carbonyl (C=O) groups excluding carboxylic acids is 1. The van der Waals surface area contributed by atoms with Crippen molar-refractivity contribution in [2.75, 3.05) is 6.61 Å². The Balaban J connectivity index is 2.62. The van der Waals surface area contributed by atoms with Gasteiger partial charge in [0.25, 0.3) is 0 Å². The van der Waals surface area contributed by atoms with Crippen LogP contribution in [0.4, 0.5) is 0 Å². The topological polar surface area (TPSA) is 35.5 Å². The summed E-state index contributed by atoms with van der Waals surface area (Å²) < 4.78 is 12.0. The van der Waals surface area contributed by atoms with E-state index in [2.05, 4.69) is 26.0 Å². The largest absolute Gasteiger partial charge is 0.490 e. The van der Waals surface area contributed by atoms with E-state index >= 15 is 0 Å². The lowest BCUT2D eigenvalue weighted by atomic mass is 10.0. The monoisotopic (exact) mass is 374 g/mol. The minimum Gasteiger partial charge on any atom is -0.490 e. The molecule has 3 heteroatoms. The lowest BCUT2D eigenvalue weighted by Crippen LogP contribution is -2.16. The van der Waals surface area contributed by atoms with Gasteiger partial charge in [0.2, 0.25) is 0 Å². The molecule has 0 spiro atoms. The highest BCUT2D eigenvalue weighted by Crippen LogP contribution is 2.30. The van der Waals surface area contributed by atoms with Gasteiger partial charge in [-0.15, -0.1) is 0 Å². The Morgan fingerprint density at radius 3 is 2.33 bits per heavy atom. The number of aldehydes is 1. The molecule has 0 aliphatic carbocycles. The Morgan fingerprint density at radius 1 is 0.926 bits per heavy atom. The summed E-state index contributed by atoms with van der Waals surface area (Å²) >= 11 is 0. The third kappa shape index (κ3) is 10.2. The van der Waals surface area contributed by atoms with Crippen molar-refractivity contribution in [3.05, 3.63) is 35.9 Å². The van der Waals surface area contributed by atoms with Crippen LogP contribution in [0.5, 0.6) is 11.5 Å². The fourth-order valence-corrected chi connectivity index (χ4v) is 3.11. The summed E-state index contributed by atoms with van der Waals surface area (Å²) in [7, 11) is 0. The molecule has 152 valence electrons. The molecular weight excluding hydrogens is 336 g/mol. The molecule has 1 unspecified atom stereocenters. The highest BCUT2D eigenvalue weighted by molar-refractivity contribution is 5.76. The summed E-state index contributed by atoms with van der Waals surface area (Å²) in [5, 5.41) is 0. The first-order valence-electron chi connectivity index (χ1n) is 10.8. The molecule has 1 aromatic carbocycles. The van der Waals surface area contributed by atoms with Crippen LogP contribution in [0.3, 0.4) is 0 Å². The summed E-state index contributed by atoms with van der Waals surface area (Å²) in [4.78, 5) is 11.0. The van der Waals surface area contributed by atoms with Gasteiger partial charge in [-0.25, -0.2) is 0 Å². The molecule has 0 saturated heterocycles. The molecule has 0 saturated carbocycles. The van der Waals surface area contributed by atoms with E-state index in [0.717, 1.165) is 31.3 Å². The minimum absolute atomic E-state index is 0.143. The zero-order valence-electron chi connectivity index (χ0n) is 17.5. The quantitative estimate of drug-likeness (QED) is 0.175. The van der Waals surface area contributed by atoms with Crippen LogP contribution in [-0.2, 0) is 0 Å².